The van der Waals surface area contributed by atoms with Gasteiger partial charge in [-0.3, -0.25) is 14.4 Å². The smallest absolute Gasteiger partial charge is 0.339 e. The fraction of sp³-hybridized carbons (Fsp3) is 0.407. The van der Waals surface area contributed by atoms with Crippen LogP contribution in [0.15, 0.2) is 133 Å². The van der Waals surface area contributed by atoms with Gasteiger partial charge < -0.3 is 39.0 Å². The Morgan fingerprint density at radius 2 is 1.52 bits per heavy atom. The van der Waals surface area contributed by atoms with Gasteiger partial charge in [-0.05, 0) is 75.6 Å². The number of hydrogen-bond donors (Lipinski definition) is 2. The molecule has 0 bridgehead atoms. The molecule has 8 rings (SSSR count). The fourth-order valence-electron chi connectivity index (χ4n) is 9.26. The predicted octanol–water partition coefficient (Wildman–Crippen LogP) is 7.48. The van der Waals surface area contributed by atoms with E-state index in [-0.39, 0.29) is 31.3 Å². The molecule has 2 aliphatic carbocycles. The number of benzene rings is 4. The zero-order valence-electron chi connectivity index (χ0n) is 38.0. The fourth-order valence-corrected chi connectivity index (χ4v) is 9.26. The highest BCUT2D eigenvalue weighted by atomic mass is 16.8. The number of carbonyl (C=O) groups is 4. The van der Waals surface area contributed by atoms with Crippen LogP contribution < -0.4 is 5.32 Å². The molecule has 2 N–H and O–H groups in total. The summed E-state index contributed by atoms with van der Waals surface area (Å²) < 4.78 is 31.6. The average Bonchev–Trinajstić information content (AvgIpc) is 3.99. The Morgan fingerprint density at radius 1 is 0.864 bits per heavy atom. The van der Waals surface area contributed by atoms with Crippen LogP contribution in [0.1, 0.15) is 91.9 Å². The molecule has 8 unspecified atom stereocenters. The summed E-state index contributed by atoms with van der Waals surface area (Å²) in [6, 6.07) is 33.9. The summed E-state index contributed by atoms with van der Waals surface area (Å²) in [6.07, 6.45) is 7.16. The van der Waals surface area contributed by atoms with Crippen molar-refractivity contribution in [2.24, 2.45) is 5.92 Å². The van der Waals surface area contributed by atoms with Crippen LogP contribution in [0.2, 0.25) is 0 Å². The van der Waals surface area contributed by atoms with Crippen molar-refractivity contribution in [2.75, 3.05) is 13.7 Å². The number of epoxide rings is 1. The van der Waals surface area contributed by atoms with E-state index in [4.69, 9.17) is 23.7 Å². The highest BCUT2D eigenvalue weighted by Crippen LogP contribution is 2.47. The number of esters is 2. The third-order valence-corrected chi connectivity index (χ3v) is 12.7. The topological polar surface area (TPSA) is 153 Å². The first-order chi connectivity index (χ1) is 31.8. The lowest BCUT2D eigenvalue weighted by Crippen LogP contribution is -2.53. The molecule has 346 valence electrons. The molecule has 4 aromatic carbocycles. The zero-order valence-corrected chi connectivity index (χ0v) is 38.0. The maximum Gasteiger partial charge on any atom is 0.339 e. The van der Waals surface area contributed by atoms with E-state index >= 15 is 0 Å². The quantitative estimate of drug-likeness (QED) is 0.0856. The third kappa shape index (κ3) is 11.0. The van der Waals surface area contributed by atoms with Crippen LogP contribution in [0.4, 0.5) is 0 Å². The maximum absolute atomic E-state index is 15.0. The number of allylic oxidation sites excluding steroid dienone is 1. The van der Waals surface area contributed by atoms with Crippen LogP contribution in [0, 0.1) is 5.92 Å². The largest absolute Gasteiger partial charge is 0.460 e. The van der Waals surface area contributed by atoms with Crippen LogP contribution in [0.5, 0.6) is 0 Å². The first-order valence-electron chi connectivity index (χ1n) is 23.1. The number of nitrogens with zero attached hydrogens (tertiary/aromatic N) is 1. The lowest BCUT2D eigenvalue weighted by atomic mass is 9.88. The van der Waals surface area contributed by atoms with E-state index in [0.717, 1.165) is 36.0 Å². The minimum atomic E-state index is -1.41. The number of aliphatic hydroxyl groups is 1. The first-order valence-corrected chi connectivity index (χ1v) is 23.1. The Morgan fingerprint density at radius 3 is 2.17 bits per heavy atom. The summed E-state index contributed by atoms with van der Waals surface area (Å²) >= 11 is 0. The van der Waals surface area contributed by atoms with E-state index in [9.17, 15) is 24.3 Å². The van der Waals surface area contributed by atoms with E-state index < -0.39 is 72.1 Å². The van der Waals surface area contributed by atoms with Gasteiger partial charge in [0, 0.05) is 43.0 Å². The normalized spacial score (nSPS) is 23.9. The average molecular weight is 897 g/mol. The van der Waals surface area contributed by atoms with Crippen molar-refractivity contribution in [3.05, 3.63) is 161 Å². The van der Waals surface area contributed by atoms with Gasteiger partial charge in [0.2, 0.25) is 17.6 Å². The summed E-state index contributed by atoms with van der Waals surface area (Å²) in [7, 11) is 1.56. The highest BCUT2D eigenvalue weighted by molar-refractivity contribution is 5.98. The van der Waals surface area contributed by atoms with Gasteiger partial charge in [0.1, 0.15) is 30.0 Å². The molecular weight excluding hydrogens is 837 g/mol. The number of carbonyl (C=O) groups excluding carboxylic acids is 4. The molecule has 8 atom stereocenters. The van der Waals surface area contributed by atoms with Gasteiger partial charge in [-0.15, -0.1) is 0 Å². The van der Waals surface area contributed by atoms with Crippen LogP contribution in [-0.4, -0.2) is 95.6 Å². The molecule has 4 aromatic rings. The van der Waals surface area contributed by atoms with Crippen molar-refractivity contribution in [2.45, 2.75) is 120 Å². The Bertz CT molecular complexity index is 2360. The van der Waals surface area contributed by atoms with Gasteiger partial charge >= 0.3 is 11.9 Å². The second-order valence-electron chi connectivity index (χ2n) is 18.7. The Balaban J connectivity index is 1.09. The van der Waals surface area contributed by atoms with Crippen LogP contribution in [-0.2, 0) is 50.3 Å². The van der Waals surface area contributed by atoms with E-state index in [1.165, 1.54) is 4.90 Å². The third-order valence-electron chi connectivity index (χ3n) is 12.7. The van der Waals surface area contributed by atoms with Gasteiger partial charge in [-0.2, -0.15) is 0 Å². The van der Waals surface area contributed by atoms with Gasteiger partial charge in [0.25, 0.3) is 0 Å². The monoisotopic (exact) mass is 896 g/mol. The Labute approximate surface area is 386 Å². The number of nitrogens with one attached hydrogen (secondary N) is 1. The number of ether oxygens (including phenoxy) is 5. The SMILES string of the molecule is CN(C(=O)C1=CC2OC(c3ccccc3)(c3ccccc3)OC2C(OC(=O)c2ccccc2C=CC2CCC3OC3C2)C1)C(Cc1ccccc1)C(=O)NC(CO)CCC(=O)OC(C)(C)C. The highest BCUT2D eigenvalue weighted by Gasteiger charge is 2.55. The summed E-state index contributed by atoms with van der Waals surface area (Å²) in [6.45, 7) is 4.89. The van der Waals surface area contributed by atoms with Gasteiger partial charge in [0.15, 0.2) is 0 Å². The first kappa shape index (κ1) is 46.6. The van der Waals surface area contributed by atoms with Crippen molar-refractivity contribution < 1.29 is 48.0 Å². The van der Waals surface area contributed by atoms with Gasteiger partial charge in [-0.25, -0.2) is 4.79 Å². The van der Waals surface area contributed by atoms with E-state index in [1.807, 2.05) is 109 Å². The molecule has 1 saturated carbocycles. The van der Waals surface area contributed by atoms with Crippen molar-refractivity contribution in [3.8, 4) is 0 Å². The molecule has 2 amide bonds. The summed E-state index contributed by atoms with van der Waals surface area (Å²) in [5.41, 5.74) is 2.94. The molecule has 66 heavy (non-hydrogen) atoms. The number of likely N-dealkylation sites (N-methyl/N-ethyl adjacent to an activating group) is 1. The molecule has 12 heteroatoms. The minimum Gasteiger partial charge on any atom is -0.460 e. The molecular formula is C54H60N2O10. The number of hydrogen-bond acceptors (Lipinski definition) is 10. The number of aliphatic hydroxyl groups excluding tert-OH is 1. The van der Waals surface area contributed by atoms with Crippen molar-refractivity contribution >= 4 is 29.8 Å². The lowest BCUT2D eigenvalue weighted by molar-refractivity contribution is -0.157. The molecule has 3 fully saturated rings. The molecule has 4 aliphatic rings. The zero-order chi connectivity index (χ0) is 46.4. The second-order valence-corrected chi connectivity index (χ2v) is 18.7. The number of rotatable bonds is 16. The van der Waals surface area contributed by atoms with Crippen molar-refractivity contribution in [1.82, 2.24) is 10.2 Å². The Hall–Kier alpha value is -5.92. The van der Waals surface area contributed by atoms with Gasteiger partial charge in [0.05, 0.1) is 30.4 Å². The predicted molar refractivity (Wildman–Crippen MR) is 248 cm³/mol. The van der Waals surface area contributed by atoms with Gasteiger partial charge in [-0.1, -0.05) is 121 Å². The van der Waals surface area contributed by atoms with Crippen LogP contribution in [0.25, 0.3) is 6.08 Å². The molecule has 2 aliphatic heterocycles. The second kappa shape index (κ2) is 20.3. The lowest BCUT2D eigenvalue weighted by Gasteiger charge is -2.34. The number of amides is 2. The van der Waals surface area contributed by atoms with Crippen molar-refractivity contribution in [3.63, 3.8) is 0 Å². The standard InChI is InChI=1S/C54H60N2O10/c1-53(2,3)65-48(58)29-27-41(34-57)55-50(59)43(30-35-16-8-5-9-17-35)56(4)51(60)38-32-46(63-52(61)42-23-15-14-18-37(42)26-24-36-25-28-44-45(31-36)62-44)49-47(33-38)64-54(66-49,39-19-10-6-11-20-39)40-21-12-7-13-22-40/h5-24,26,33,36,41,43-47,49,57H,25,27-32,34H2,1-4H3,(H,55,59). The maximum atomic E-state index is 15.0. The minimum absolute atomic E-state index is 0.0243. The van der Waals surface area contributed by atoms with E-state index in [2.05, 4.69) is 11.4 Å². The Kier molecular flexibility index (Phi) is 14.3. The molecule has 12 nitrogen and oxygen atoms in total. The summed E-state index contributed by atoms with van der Waals surface area (Å²) in [5.74, 6) is -3.07. The van der Waals surface area contributed by atoms with Crippen LogP contribution in [0.3, 0.4) is 0 Å². The molecule has 0 spiro atoms. The van der Waals surface area contributed by atoms with Crippen LogP contribution >= 0.6 is 0 Å². The number of fused-ring (bicyclic) bond motifs is 2. The van der Waals surface area contributed by atoms with Crippen molar-refractivity contribution in [1.29, 1.82) is 0 Å². The molecule has 2 heterocycles. The molecule has 0 radical (unpaired) electrons. The summed E-state index contributed by atoms with van der Waals surface area (Å²) in [5, 5.41) is 13.2. The molecule has 0 aromatic heterocycles. The van der Waals surface area contributed by atoms with E-state index in [0.29, 0.717) is 29.3 Å². The molecule has 2 saturated heterocycles. The summed E-state index contributed by atoms with van der Waals surface area (Å²) in [4.78, 5) is 57.6. The van der Waals surface area contributed by atoms with E-state index in [1.54, 1.807) is 46.0 Å².